The van der Waals surface area contributed by atoms with E-state index < -0.39 is 5.97 Å². The van der Waals surface area contributed by atoms with E-state index in [0.717, 1.165) is 5.56 Å². The molecule has 0 fully saturated rings. The lowest BCUT2D eigenvalue weighted by Crippen LogP contribution is -2.17. The number of carboxylic acids is 1. The predicted molar refractivity (Wildman–Crippen MR) is 43.5 cm³/mol. The fourth-order valence-corrected chi connectivity index (χ4v) is 0.867. The van der Waals surface area contributed by atoms with E-state index in [9.17, 15) is 4.79 Å². The van der Waals surface area contributed by atoms with E-state index in [4.69, 9.17) is 13.0 Å². The molecule has 2 radical (unpaired) electrons. The molecule has 0 spiro atoms. The van der Waals surface area contributed by atoms with Crippen molar-refractivity contribution in [3.8, 4) is 0 Å². The molecule has 0 aliphatic carbocycles. The maximum Gasteiger partial charge on any atom is 0.335 e. The van der Waals surface area contributed by atoms with Crippen LogP contribution < -0.4 is 5.46 Å². The van der Waals surface area contributed by atoms with Gasteiger partial charge in [0.1, 0.15) is 7.85 Å². The first-order chi connectivity index (χ1) is 5.13. The zero-order chi connectivity index (χ0) is 8.43. The molecule has 0 aromatic heterocycles. The molecular formula is C8H7BO2. The minimum atomic E-state index is -0.980. The zero-order valence-corrected chi connectivity index (χ0v) is 6.16. The molecule has 54 valence electrons. The smallest absolute Gasteiger partial charge is 0.335 e. The molecule has 2 nitrogen and oxygen atoms in total. The van der Waals surface area contributed by atoms with Crippen molar-refractivity contribution in [2.75, 3.05) is 0 Å². The van der Waals surface area contributed by atoms with Crippen LogP contribution in [0.4, 0.5) is 0 Å². The van der Waals surface area contributed by atoms with Crippen molar-refractivity contribution in [3.63, 3.8) is 0 Å². The van der Waals surface area contributed by atoms with Gasteiger partial charge in [0, 0.05) is 0 Å². The number of hydrogen-bond acceptors (Lipinski definition) is 1. The van der Waals surface area contributed by atoms with Gasteiger partial charge in [-0.05, 0) is 13.0 Å². The van der Waals surface area contributed by atoms with Gasteiger partial charge in [-0.2, -0.15) is 0 Å². The second-order valence-electron chi connectivity index (χ2n) is 2.34. The quantitative estimate of drug-likeness (QED) is 0.585. The highest BCUT2D eigenvalue weighted by Crippen LogP contribution is 1.98. The van der Waals surface area contributed by atoms with Crippen LogP contribution in [0.3, 0.4) is 0 Å². The average Bonchev–Trinajstić information content (AvgIpc) is 1.94. The molecule has 11 heavy (non-hydrogen) atoms. The van der Waals surface area contributed by atoms with Gasteiger partial charge in [-0.25, -0.2) is 4.79 Å². The summed E-state index contributed by atoms with van der Waals surface area (Å²) in [4.78, 5) is 10.5. The van der Waals surface area contributed by atoms with E-state index in [1.54, 1.807) is 19.1 Å². The molecule has 0 heterocycles. The molecule has 0 amide bonds. The van der Waals surface area contributed by atoms with E-state index in [1.165, 1.54) is 6.07 Å². The third-order valence-corrected chi connectivity index (χ3v) is 1.55. The lowest BCUT2D eigenvalue weighted by Gasteiger charge is -2.02. The minimum absolute atomic E-state index is 0.171. The van der Waals surface area contributed by atoms with Crippen LogP contribution in [-0.4, -0.2) is 18.9 Å². The average molecular weight is 146 g/mol. The number of aryl methyl sites for hydroxylation is 1. The van der Waals surface area contributed by atoms with Crippen molar-refractivity contribution in [2.24, 2.45) is 0 Å². The number of carbonyl (C=O) groups is 1. The Hall–Kier alpha value is -1.25. The third-order valence-electron chi connectivity index (χ3n) is 1.55. The normalized spacial score (nSPS) is 9.55. The maximum absolute atomic E-state index is 10.5. The van der Waals surface area contributed by atoms with E-state index in [2.05, 4.69) is 0 Å². The molecule has 0 atom stereocenters. The summed E-state index contributed by atoms with van der Waals surface area (Å²) in [6.45, 7) is 1.78. The number of rotatable bonds is 1. The fourth-order valence-electron chi connectivity index (χ4n) is 0.867. The van der Waals surface area contributed by atoms with E-state index in [-0.39, 0.29) is 5.56 Å². The molecule has 0 aliphatic rings. The first-order valence-electron chi connectivity index (χ1n) is 3.21. The summed E-state index contributed by atoms with van der Waals surface area (Å²) in [6, 6.07) is 4.95. The highest BCUT2D eigenvalue weighted by molar-refractivity contribution is 6.37. The highest BCUT2D eigenvalue weighted by Gasteiger charge is 2.05. The monoisotopic (exact) mass is 146 g/mol. The summed E-state index contributed by atoms with van der Waals surface area (Å²) in [5.41, 5.74) is 1.31. The Morgan fingerprint density at radius 1 is 1.55 bits per heavy atom. The summed E-state index contributed by atoms with van der Waals surface area (Å²) >= 11 is 0. The summed E-state index contributed by atoms with van der Waals surface area (Å²) in [5, 5.41) is 8.61. The van der Waals surface area contributed by atoms with Crippen LogP contribution in [0.25, 0.3) is 0 Å². The van der Waals surface area contributed by atoms with Gasteiger partial charge < -0.3 is 5.11 Å². The van der Waals surface area contributed by atoms with Gasteiger partial charge in [0.2, 0.25) is 0 Å². The molecule has 0 bridgehead atoms. The summed E-state index contributed by atoms with van der Waals surface area (Å²) in [7, 11) is 5.50. The molecular weight excluding hydrogens is 139 g/mol. The second-order valence-corrected chi connectivity index (χ2v) is 2.34. The van der Waals surface area contributed by atoms with Crippen LogP contribution in [-0.2, 0) is 0 Å². The van der Waals surface area contributed by atoms with Gasteiger partial charge in [0.05, 0.1) is 5.56 Å². The van der Waals surface area contributed by atoms with Gasteiger partial charge in [-0.1, -0.05) is 23.2 Å². The fraction of sp³-hybridized carbons (Fsp3) is 0.125. The van der Waals surface area contributed by atoms with Crippen LogP contribution >= 0.6 is 0 Å². The maximum atomic E-state index is 10.5. The Balaban J connectivity index is 3.27. The van der Waals surface area contributed by atoms with Crippen molar-refractivity contribution < 1.29 is 9.90 Å². The topological polar surface area (TPSA) is 37.3 Å². The molecule has 3 heteroatoms. The molecule has 0 saturated carbocycles. The highest BCUT2D eigenvalue weighted by atomic mass is 16.4. The molecule has 0 saturated heterocycles. The van der Waals surface area contributed by atoms with Gasteiger partial charge in [0.25, 0.3) is 0 Å². The Morgan fingerprint density at radius 3 is 2.64 bits per heavy atom. The van der Waals surface area contributed by atoms with E-state index in [1.807, 2.05) is 0 Å². The minimum Gasteiger partial charge on any atom is -0.478 e. The molecule has 0 unspecified atom stereocenters. The SMILES string of the molecule is [B]c1c(C)cccc1C(=O)O. The van der Waals surface area contributed by atoms with Crippen LogP contribution in [0.15, 0.2) is 18.2 Å². The van der Waals surface area contributed by atoms with Gasteiger partial charge in [-0.15, -0.1) is 0 Å². The molecule has 1 aromatic carbocycles. The molecule has 1 N–H and O–H groups in total. The van der Waals surface area contributed by atoms with E-state index in [0.29, 0.717) is 5.46 Å². The largest absolute Gasteiger partial charge is 0.478 e. The van der Waals surface area contributed by atoms with Crippen molar-refractivity contribution in [1.29, 1.82) is 0 Å². The van der Waals surface area contributed by atoms with Crippen LogP contribution in [0.1, 0.15) is 15.9 Å². The Kier molecular flexibility index (Phi) is 1.99. The van der Waals surface area contributed by atoms with Gasteiger partial charge in [0.15, 0.2) is 0 Å². The second kappa shape index (κ2) is 2.78. The Bertz CT molecular complexity index is 294. The first-order valence-corrected chi connectivity index (χ1v) is 3.21. The van der Waals surface area contributed by atoms with Crippen LogP contribution in [0.2, 0.25) is 0 Å². The van der Waals surface area contributed by atoms with Crippen molar-refractivity contribution in [2.45, 2.75) is 6.92 Å². The first kappa shape index (κ1) is 7.86. The molecule has 1 aromatic rings. The Labute approximate surface area is 66.3 Å². The third kappa shape index (κ3) is 1.42. The summed E-state index contributed by atoms with van der Waals surface area (Å²) in [5.74, 6) is -0.980. The summed E-state index contributed by atoms with van der Waals surface area (Å²) < 4.78 is 0. The van der Waals surface area contributed by atoms with Gasteiger partial charge >= 0.3 is 5.97 Å². The molecule has 0 aliphatic heterocycles. The van der Waals surface area contributed by atoms with Crippen LogP contribution in [0, 0.1) is 6.92 Å². The van der Waals surface area contributed by atoms with Gasteiger partial charge in [-0.3, -0.25) is 0 Å². The van der Waals surface area contributed by atoms with E-state index >= 15 is 0 Å². The number of aromatic carboxylic acids is 1. The Morgan fingerprint density at radius 2 is 2.18 bits per heavy atom. The predicted octanol–water partition coefficient (Wildman–Crippen LogP) is 0.487. The molecule has 1 rings (SSSR count). The number of benzene rings is 1. The van der Waals surface area contributed by atoms with Crippen molar-refractivity contribution in [3.05, 3.63) is 29.3 Å². The lowest BCUT2D eigenvalue weighted by atomic mass is 9.86. The van der Waals surface area contributed by atoms with Crippen molar-refractivity contribution in [1.82, 2.24) is 0 Å². The van der Waals surface area contributed by atoms with Crippen LogP contribution in [0.5, 0.6) is 0 Å². The summed E-state index contributed by atoms with van der Waals surface area (Å²) in [6.07, 6.45) is 0. The standard InChI is InChI=1S/C8H7BO2/c1-5-3-2-4-6(7(5)9)8(10)11/h2-4H,1H3,(H,10,11). The number of hydrogen-bond donors (Lipinski definition) is 1. The number of carboxylic acid groups (broad SMARTS) is 1. The van der Waals surface area contributed by atoms with Crippen molar-refractivity contribution >= 4 is 19.3 Å². The zero-order valence-electron chi connectivity index (χ0n) is 6.16. The lowest BCUT2D eigenvalue weighted by molar-refractivity contribution is 0.0698.